The van der Waals surface area contributed by atoms with Gasteiger partial charge in [-0.05, 0) is 44.1 Å². The van der Waals surface area contributed by atoms with Gasteiger partial charge in [-0.1, -0.05) is 17.7 Å². The first-order valence-corrected chi connectivity index (χ1v) is 8.95. The Morgan fingerprint density at radius 2 is 2.04 bits per heavy atom. The lowest BCUT2D eigenvalue weighted by Gasteiger charge is -2.30. The molecule has 0 radical (unpaired) electrons. The largest absolute Gasteiger partial charge is 0.394 e. The van der Waals surface area contributed by atoms with E-state index < -0.39 is 12.2 Å². The molecule has 7 nitrogen and oxygen atoms in total. The van der Waals surface area contributed by atoms with E-state index in [-0.39, 0.29) is 43.7 Å². The summed E-state index contributed by atoms with van der Waals surface area (Å²) in [4.78, 5) is 14.3. The molecule has 0 bridgehead atoms. The van der Waals surface area contributed by atoms with E-state index in [1.54, 1.807) is 24.3 Å². The summed E-state index contributed by atoms with van der Waals surface area (Å²) in [6.07, 6.45) is 0.430. The molecule has 0 unspecified atom stereocenters. The predicted octanol–water partition coefficient (Wildman–Crippen LogP) is 1.47. The third-order valence-corrected chi connectivity index (χ3v) is 4.98. The summed E-state index contributed by atoms with van der Waals surface area (Å²) >= 11 is 5.90. The van der Waals surface area contributed by atoms with Gasteiger partial charge in [-0.15, -0.1) is 12.4 Å². The number of urea groups is 1. The highest BCUT2D eigenvalue weighted by Crippen LogP contribution is 2.28. The molecular formula is C17H25Cl2N3O4. The van der Waals surface area contributed by atoms with Crippen LogP contribution < -0.4 is 10.6 Å². The summed E-state index contributed by atoms with van der Waals surface area (Å²) in [5, 5.41) is 25.9. The topological polar surface area (TPSA) is 94.1 Å². The summed E-state index contributed by atoms with van der Waals surface area (Å²) in [6.45, 7) is 1.81. The summed E-state index contributed by atoms with van der Waals surface area (Å²) < 4.78 is 5.76. The van der Waals surface area contributed by atoms with Gasteiger partial charge in [-0.3, -0.25) is 4.90 Å². The van der Waals surface area contributed by atoms with Crippen LogP contribution in [0, 0.1) is 0 Å². The van der Waals surface area contributed by atoms with Crippen molar-refractivity contribution < 1.29 is 19.7 Å². The first kappa shape index (κ1) is 21.2. The average Bonchev–Trinajstić information content (AvgIpc) is 3.20. The molecule has 0 aromatic heterocycles. The summed E-state index contributed by atoms with van der Waals surface area (Å²) in [5.74, 6) is 0. The van der Waals surface area contributed by atoms with Crippen LogP contribution in [0.3, 0.4) is 0 Å². The molecule has 1 aromatic rings. The average molecular weight is 406 g/mol. The monoisotopic (exact) mass is 405 g/mol. The van der Waals surface area contributed by atoms with Crippen LogP contribution in [0.4, 0.5) is 10.5 Å². The summed E-state index contributed by atoms with van der Waals surface area (Å²) in [7, 11) is 0. The van der Waals surface area contributed by atoms with Crippen molar-refractivity contribution in [2.24, 2.45) is 0 Å². The van der Waals surface area contributed by atoms with Gasteiger partial charge < -0.3 is 25.6 Å². The van der Waals surface area contributed by atoms with Crippen LogP contribution in [-0.4, -0.2) is 71.7 Å². The van der Waals surface area contributed by atoms with Crippen molar-refractivity contribution in [1.29, 1.82) is 0 Å². The molecule has 9 heteroatoms. The molecule has 3 rings (SSSR count). The molecule has 2 saturated heterocycles. The number of rotatable bonds is 5. The van der Waals surface area contributed by atoms with E-state index in [0.717, 1.165) is 25.9 Å². The van der Waals surface area contributed by atoms with Crippen molar-refractivity contribution in [1.82, 2.24) is 10.2 Å². The SMILES string of the molecule is Cl.O=C(NC[C@H]1O[C@@H](CO)[C@@H](O)[C@H]1N1CCCC1)Nc1cccc(Cl)c1. The van der Waals surface area contributed by atoms with Gasteiger partial charge in [0.2, 0.25) is 0 Å². The zero-order valence-electron chi connectivity index (χ0n) is 14.3. The number of ether oxygens (including phenoxy) is 1. The second-order valence-electron chi connectivity index (χ2n) is 6.47. The number of hydrogen-bond acceptors (Lipinski definition) is 5. The first-order chi connectivity index (χ1) is 12.1. The fourth-order valence-corrected chi connectivity index (χ4v) is 3.76. The summed E-state index contributed by atoms with van der Waals surface area (Å²) in [6, 6.07) is 6.30. The van der Waals surface area contributed by atoms with E-state index in [9.17, 15) is 15.0 Å². The number of aliphatic hydroxyl groups excluding tert-OH is 2. The molecule has 4 N–H and O–H groups in total. The fraction of sp³-hybridized carbons (Fsp3) is 0.588. The van der Waals surface area contributed by atoms with E-state index >= 15 is 0 Å². The van der Waals surface area contributed by atoms with E-state index in [4.69, 9.17) is 16.3 Å². The Labute approximate surface area is 164 Å². The Balaban J connectivity index is 0.00000243. The van der Waals surface area contributed by atoms with Gasteiger partial charge in [-0.25, -0.2) is 4.79 Å². The fourth-order valence-electron chi connectivity index (χ4n) is 3.57. The van der Waals surface area contributed by atoms with Crippen LogP contribution >= 0.6 is 24.0 Å². The quantitative estimate of drug-likeness (QED) is 0.594. The minimum absolute atomic E-state index is 0. The van der Waals surface area contributed by atoms with Crippen LogP contribution in [0.2, 0.25) is 5.02 Å². The number of aliphatic hydroxyl groups is 2. The molecule has 0 saturated carbocycles. The van der Waals surface area contributed by atoms with Gasteiger partial charge >= 0.3 is 6.03 Å². The molecule has 0 aliphatic carbocycles. The van der Waals surface area contributed by atoms with Gasteiger partial charge in [0.25, 0.3) is 0 Å². The van der Waals surface area contributed by atoms with E-state index in [0.29, 0.717) is 10.7 Å². The number of halogens is 2. The smallest absolute Gasteiger partial charge is 0.319 e. The van der Waals surface area contributed by atoms with Gasteiger partial charge in [0.15, 0.2) is 0 Å². The van der Waals surface area contributed by atoms with Crippen molar-refractivity contribution in [3.05, 3.63) is 29.3 Å². The van der Waals surface area contributed by atoms with E-state index in [2.05, 4.69) is 15.5 Å². The second-order valence-corrected chi connectivity index (χ2v) is 6.90. The molecule has 2 fully saturated rings. The van der Waals surface area contributed by atoms with Crippen molar-refractivity contribution in [2.45, 2.75) is 37.2 Å². The molecule has 0 spiro atoms. The van der Waals surface area contributed by atoms with Gasteiger partial charge in [0.1, 0.15) is 12.2 Å². The van der Waals surface area contributed by atoms with Crippen molar-refractivity contribution in [2.75, 3.05) is 31.6 Å². The minimum Gasteiger partial charge on any atom is -0.394 e. The van der Waals surface area contributed by atoms with Gasteiger partial charge in [0.05, 0.1) is 18.8 Å². The standard InChI is InChI=1S/C17H24ClN3O4.ClH/c18-11-4-3-5-12(8-11)20-17(24)19-9-13-15(21-6-1-2-7-21)16(23)14(10-22)25-13;/h3-5,8,13-16,22-23H,1-2,6-7,9-10H2,(H2,19,20,24);1H/t13-,14+,15+,16-;/m1./s1. The predicted molar refractivity (Wildman–Crippen MR) is 102 cm³/mol. The molecule has 146 valence electrons. The molecule has 1 aromatic carbocycles. The number of carbonyl (C=O) groups is 1. The van der Waals surface area contributed by atoms with Gasteiger partial charge in [-0.2, -0.15) is 0 Å². The number of amides is 2. The zero-order chi connectivity index (χ0) is 17.8. The number of nitrogens with one attached hydrogen (secondary N) is 2. The maximum atomic E-state index is 12.1. The highest BCUT2D eigenvalue weighted by Gasteiger charge is 2.46. The normalized spacial score (nSPS) is 28.6. The molecule has 4 atom stereocenters. The Bertz CT molecular complexity index is 601. The highest BCUT2D eigenvalue weighted by molar-refractivity contribution is 6.30. The molecule has 2 aliphatic heterocycles. The van der Waals surface area contributed by atoms with Crippen LogP contribution in [-0.2, 0) is 4.74 Å². The number of anilines is 1. The Hall–Kier alpha value is -1.09. The van der Waals surface area contributed by atoms with Crippen molar-refractivity contribution in [3.63, 3.8) is 0 Å². The maximum absolute atomic E-state index is 12.1. The number of hydrogen-bond donors (Lipinski definition) is 4. The number of likely N-dealkylation sites (tertiary alicyclic amines) is 1. The third-order valence-electron chi connectivity index (χ3n) is 4.75. The molecule has 2 amide bonds. The number of nitrogens with zero attached hydrogens (tertiary/aromatic N) is 1. The first-order valence-electron chi connectivity index (χ1n) is 8.57. The van der Waals surface area contributed by atoms with Gasteiger partial charge in [0, 0.05) is 17.3 Å². The van der Waals surface area contributed by atoms with Crippen LogP contribution in [0.25, 0.3) is 0 Å². The maximum Gasteiger partial charge on any atom is 0.319 e. The number of carbonyl (C=O) groups excluding carboxylic acids is 1. The van der Waals surface area contributed by atoms with E-state index in [1.807, 2.05) is 0 Å². The number of benzene rings is 1. The molecule has 26 heavy (non-hydrogen) atoms. The van der Waals surface area contributed by atoms with E-state index in [1.165, 1.54) is 0 Å². The lowest BCUT2D eigenvalue weighted by molar-refractivity contribution is -0.0205. The Morgan fingerprint density at radius 1 is 1.31 bits per heavy atom. The molecule has 2 aliphatic rings. The lowest BCUT2D eigenvalue weighted by atomic mass is 10.0. The van der Waals surface area contributed by atoms with Crippen molar-refractivity contribution >= 4 is 35.7 Å². The Morgan fingerprint density at radius 3 is 2.69 bits per heavy atom. The third kappa shape index (κ3) is 5.00. The highest BCUT2D eigenvalue weighted by atomic mass is 35.5. The van der Waals surface area contributed by atoms with Crippen molar-refractivity contribution in [3.8, 4) is 0 Å². The summed E-state index contributed by atoms with van der Waals surface area (Å²) in [5.41, 5.74) is 0.599. The second kappa shape index (κ2) is 9.73. The zero-order valence-corrected chi connectivity index (χ0v) is 15.9. The Kier molecular flexibility index (Phi) is 7.94. The molecular weight excluding hydrogens is 381 g/mol. The molecule has 2 heterocycles. The van der Waals surface area contributed by atoms with Crippen LogP contribution in [0.1, 0.15) is 12.8 Å². The lowest BCUT2D eigenvalue weighted by Crippen LogP contribution is -2.50. The van der Waals surface area contributed by atoms with Crippen LogP contribution in [0.5, 0.6) is 0 Å². The van der Waals surface area contributed by atoms with Crippen LogP contribution in [0.15, 0.2) is 24.3 Å². The minimum atomic E-state index is -0.758.